The molecule has 0 saturated carbocycles. The number of fused-ring (bicyclic) bond motifs is 1. The summed E-state index contributed by atoms with van der Waals surface area (Å²) in [4.78, 5) is 30.3. The van der Waals surface area contributed by atoms with E-state index >= 15 is 0 Å². The molecular weight excluding hydrogens is 521 g/mol. The Labute approximate surface area is 220 Å². The van der Waals surface area contributed by atoms with E-state index in [0.29, 0.717) is 21.9 Å². The van der Waals surface area contributed by atoms with Crippen molar-refractivity contribution in [3.63, 3.8) is 0 Å². The molecule has 12 heteroatoms. The number of aromatic nitrogens is 2. The van der Waals surface area contributed by atoms with Crippen LogP contribution >= 0.6 is 19.2 Å². The number of hydrogen-bond donors (Lipinski definition) is 1. The zero-order chi connectivity index (χ0) is 27.2. The number of carbonyl (C=O) groups excluding carboxylic acids is 2. The van der Waals surface area contributed by atoms with Crippen molar-refractivity contribution in [3.05, 3.63) is 64.9 Å². The number of nitrogens with zero attached hydrogens (tertiary/aromatic N) is 2. The molecule has 0 aliphatic rings. The first-order valence-electron chi connectivity index (χ1n) is 11.5. The number of carbonyl (C=O) groups is 2. The highest BCUT2D eigenvalue weighted by Crippen LogP contribution is 2.49. The molecule has 2 aromatic carbocycles. The third kappa shape index (κ3) is 8.04. The number of benzene rings is 2. The minimum absolute atomic E-state index is 0.0146. The summed E-state index contributed by atoms with van der Waals surface area (Å²) in [6.45, 7) is 5.16. The second kappa shape index (κ2) is 12.1. The molecule has 1 unspecified atom stereocenters. The molecule has 10 nitrogen and oxygen atoms in total. The van der Waals surface area contributed by atoms with Crippen molar-refractivity contribution in [1.29, 1.82) is 0 Å². The second-order valence-electron chi connectivity index (χ2n) is 9.20. The van der Waals surface area contributed by atoms with Gasteiger partial charge in [-0.2, -0.15) is 0 Å². The van der Waals surface area contributed by atoms with Gasteiger partial charge in [0.15, 0.2) is 0 Å². The van der Waals surface area contributed by atoms with Gasteiger partial charge in [0, 0.05) is 25.7 Å². The largest absolute Gasteiger partial charge is 0.459 e. The first kappa shape index (κ1) is 28.7. The maximum absolute atomic E-state index is 13.1. The normalized spacial score (nSPS) is 12.8. The number of esters is 1. The van der Waals surface area contributed by atoms with Crippen LogP contribution in [0, 0.1) is 0 Å². The Morgan fingerprint density at radius 3 is 2.41 bits per heavy atom. The Morgan fingerprint density at radius 1 is 1.11 bits per heavy atom. The molecule has 0 radical (unpaired) electrons. The van der Waals surface area contributed by atoms with Crippen LogP contribution in [-0.4, -0.2) is 47.5 Å². The van der Waals surface area contributed by atoms with Crippen molar-refractivity contribution in [1.82, 2.24) is 14.9 Å². The van der Waals surface area contributed by atoms with E-state index in [0.717, 1.165) is 5.56 Å². The Bertz CT molecular complexity index is 1280. The van der Waals surface area contributed by atoms with Gasteiger partial charge < -0.3 is 28.4 Å². The number of hydrogen-bond acceptors (Lipinski definition) is 8. The van der Waals surface area contributed by atoms with Crippen LogP contribution in [0.2, 0.25) is 5.02 Å². The molecule has 37 heavy (non-hydrogen) atoms. The predicted octanol–water partition coefficient (Wildman–Crippen LogP) is 5.31. The van der Waals surface area contributed by atoms with Gasteiger partial charge in [0.2, 0.25) is 0 Å². The van der Waals surface area contributed by atoms with Gasteiger partial charge in [-0.25, -0.2) is 14.6 Å². The number of halogens is 1. The lowest BCUT2D eigenvalue weighted by atomic mass is 10.2. The lowest BCUT2D eigenvalue weighted by molar-refractivity contribution is -0.147. The summed E-state index contributed by atoms with van der Waals surface area (Å²) in [5.74, 6) is -0.350. The standard InChI is InChI=1S/C25H31ClN3O7P/c1-25(2,3)36-24(31)28-20(23(30)35-15-17-9-7-6-8-10-17)14-22-27-19-13-18(26)11-12-21(19)29(22)16-37(32,33-4)34-5/h6-13,20H,14-16H2,1-5H3,(H,28,31). The van der Waals surface area contributed by atoms with E-state index in [1.54, 1.807) is 43.5 Å². The fraction of sp³-hybridized carbons (Fsp3) is 0.400. The molecule has 0 aliphatic heterocycles. The Hall–Kier alpha value is -2.91. The number of imidazole rings is 1. The highest BCUT2D eigenvalue weighted by atomic mass is 35.5. The Balaban J connectivity index is 1.95. The second-order valence-corrected chi connectivity index (χ2v) is 11.9. The van der Waals surface area contributed by atoms with Crippen LogP contribution in [0.15, 0.2) is 48.5 Å². The molecule has 0 fully saturated rings. The topological polar surface area (TPSA) is 118 Å². The van der Waals surface area contributed by atoms with Crippen molar-refractivity contribution >= 4 is 42.3 Å². The maximum Gasteiger partial charge on any atom is 0.408 e. The third-order valence-corrected chi connectivity index (χ3v) is 7.22. The fourth-order valence-electron chi connectivity index (χ4n) is 3.48. The first-order chi connectivity index (χ1) is 17.4. The molecule has 1 aromatic heterocycles. The monoisotopic (exact) mass is 551 g/mol. The van der Waals surface area contributed by atoms with Gasteiger partial charge in [-0.05, 0) is 44.5 Å². The van der Waals surface area contributed by atoms with E-state index in [4.69, 9.17) is 30.1 Å². The minimum Gasteiger partial charge on any atom is -0.459 e. The number of rotatable bonds is 10. The highest BCUT2D eigenvalue weighted by Gasteiger charge is 2.31. The summed E-state index contributed by atoms with van der Waals surface area (Å²) in [7, 11) is -0.956. The molecule has 0 bridgehead atoms. The zero-order valence-electron chi connectivity index (χ0n) is 21.4. The number of alkyl carbamates (subject to hydrolysis) is 1. The predicted molar refractivity (Wildman–Crippen MR) is 139 cm³/mol. The van der Waals surface area contributed by atoms with Crippen molar-refractivity contribution < 1.29 is 32.7 Å². The van der Waals surface area contributed by atoms with Gasteiger partial charge in [-0.15, -0.1) is 0 Å². The summed E-state index contributed by atoms with van der Waals surface area (Å²) in [5.41, 5.74) is 1.11. The summed E-state index contributed by atoms with van der Waals surface area (Å²) in [5, 5.41) is 3.04. The molecule has 3 aromatic rings. The third-order valence-electron chi connectivity index (χ3n) is 5.25. The van der Waals surface area contributed by atoms with Crippen LogP contribution in [0.5, 0.6) is 0 Å². The average Bonchev–Trinajstić information content (AvgIpc) is 3.16. The van der Waals surface area contributed by atoms with Gasteiger partial charge in [-0.3, -0.25) is 4.57 Å². The molecule has 1 N–H and O–H groups in total. The molecular formula is C25H31ClN3O7P. The first-order valence-corrected chi connectivity index (χ1v) is 13.6. The lowest BCUT2D eigenvalue weighted by Crippen LogP contribution is -2.45. The van der Waals surface area contributed by atoms with Gasteiger partial charge in [0.25, 0.3) is 0 Å². The van der Waals surface area contributed by atoms with Crippen LogP contribution in [0.25, 0.3) is 11.0 Å². The average molecular weight is 552 g/mol. The van der Waals surface area contributed by atoms with E-state index in [1.807, 2.05) is 30.3 Å². The van der Waals surface area contributed by atoms with E-state index in [1.165, 1.54) is 14.2 Å². The molecule has 0 aliphatic carbocycles. The van der Waals surface area contributed by atoms with Crippen LogP contribution in [0.1, 0.15) is 32.2 Å². The van der Waals surface area contributed by atoms with Gasteiger partial charge in [0.1, 0.15) is 30.4 Å². The van der Waals surface area contributed by atoms with Crippen molar-refractivity contribution in [2.75, 3.05) is 14.2 Å². The Kier molecular flexibility index (Phi) is 9.36. The van der Waals surface area contributed by atoms with Gasteiger partial charge >= 0.3 is 19.7 Å². The molecule has 0 saturated heterocycles. The van der Waals surface area contributed by atoms with Crippen LogP contribution in [-0.2, 0) is 47.2 Å². The number of nitrogens with one attached hydrogen (secondary N) is 1. The van der Waals surface area contributed by atoms with Crippen molar-refractivity contribution in [2.45, 2.75) is 51.7 Å². The van der Waals surface area contributed by atoms with E-state index in [2.05, 4.69) is 10.3 Å². The summed E-state index contributed by atoms with van der Waals surface area (Å²) in [6, 6.07) is 13.0. The molecule has 1 amide bonds. The highest BCUT2D eigenvalue weighted by molar-refractivity contribution is 7.52. The fourth-order valence-corrected chi connectivity index (χ4v) is 4.69. The van der Waals surface area contributed by atoms with E-state index in [9.17, 15) is 14.2 Å². The Morgan fingerprint density at radius 2 is 1.78 bits per heavy atom. The molecule has 3 rings (SSSR count). The minimum atomic E-state index is -3.53. The van der Waals surface area contributed by atoms with Gasteiger partial charge in [-0.1, -0.05) is 41.9 Å². The van der Waals surface area contributed by atoms with Crippen LogP contribution in [0.3, 0.4) is 0 Å². The SMILES string of the molecule is COP(=O)(Cn1c(CC(NC(=O)OC(C)(C)C)C(=O)OCc2ccccc2)nc2cc(Cl)ccc21)OC. The molecule has 200 valence electrons. The van der Waals surface area contributed by atoms with Crippen molar-refractivity contribution in [3.8, 4) is 0 Å². The molecule has 1 atom stereocenters. The number of ether oxygens (including phenoxy) is 2. The van der Waals surface area contributed by atoms with E-state index in [-0.39, 0.29) is 19.3 Å². The summed E-state index contributed by atoms with van der Waals surface area (Å²) < 4.78 is 35.7. The smallest absolute Gasteiger partial charge is 0.408 e. The van der Waals surface area contributed by atoms with E-state index < -0.39 is 31.3 Å². The quantitative estimate of drug-likeness (QED) is 0.266. The van der Waals surface area contributed by atoms with Crippen LogP contribution in [0.4, 0.5) is 4.79 Å². The van der Waals surface area contributed by atoms with Crippen molar-refractivity contribution in [2.24, 2.45) is 0 Å². The molecule has 1 heterocycles. The zero-order valence-corrected chi connectivity index (χ0v) is 23.0. The maximum atomic E-state index is 13.1. The molecule has 0 spiro atoms. The lowest BCUT2D eigenvalue weighted by Gasteiger charge is -2.23. The number of amides is 1. The summed E-state index contributed by atoms with van der Waals surface area (Å²) >= 11 is 6.15. The van der Waals surface area contributed by atoms with Gasteiger partial charge in [0.05, 0.1) is 11.0 Å². The summed E-state index contributed by atoms with van der Waals surface area (Å²) in [6.07, 6.45) is -1.06. The van der Waals surface area contributed by atoms with Crippen LogP contribution < -0.4 is 5.32 Å².